The fourth-order valence-corrected chi connectivity index (χ4v) is 1.34. The lowest BCUT2D eigenvalue weighted by Crippen LogP contribution is -2.39. The number of amides is 1. The number of nitrogens with one attached hydrogen (secondary N) is 1. The summed E-state index contributed by atoms with van der Waals surface area (Å²) in [4.78, 5) is 23.3. The van der Waals surface area contributed by atoms with Gasteiger partial charge in [-0.2, -0.15) is 0 Å². The molecule has 0 aliphatic carbocycles. The van der Waals surface area contributed by atoms with Crippen LogP contribution in [0.1, 0.15) is 31.1 Å². The smallest absolute Gasteiger partial charge is 0.328 e. The van der Waals surface area contributed by atoms with Gasteiger partial charge in [-0.05, 0) is 31.0 Å². The highest BCUT2D eigenvalue weighted by molar-refractivity contribution is 5.96. The molecule has 0 bridgehead atoms. The Hall–Kier alpha value is -1.91. The minimum Gasteiger partial charge on any atom is -0.464 e. The molecule has 1 aromatic rings. The van der Waals surface area contributed by atoms with Gasteiger partial charge in [-0.3, -0.25) is 4.79 Å². The van der Waals surface area contributed by atoms with E-state index in [4.69, 9.17) is 4.74 Å². The molecule has 0 spiro atoms. The van der Waals surface area contributed by atoms with Crippen LogP contribution in [0.25, 0.3) is 0 Å². The van der Waals surface area contributed by atoms with Gasteiger partial charge in [-0.25, -0.2) is 9.18 Å². The van der Waals surface area contributed by atoms with Crippen LogP contribution >= 0.6 is 0 Å². The molecule has 0 aromatic heterocycles. The molecule has 0 radical (unpaired) electrons. The summed E-state index contributed by atoms with van der Waals surface area (Å²) in [7, 11) is 0. The van der Waals surface area contributed by atoms with E-state index in [9.17, 15) is 14.0 Å². The van der Waals surface area contributed by atoms with Crippen molar-refractivity contribution in [1.29, 1.82) is 0 Å². The van der Waals surface area contributed by atoms with Gasteiger partial charge < -0.3 is 10.1 Å². The second kappa shape index (κ2) is 6.87. The normalized spacial score (nSPS) is 12.1. The fraction of sp³-hybridized carbons (Fsp3) is 0.429. The van der Waals surface area contributed by atoms with Gasteiger partial charge in [0, 0.05) is 5.56 Å². The van der Waals surface area contributed by atoms with Gasteiger partial charge >= 0.3 is 5.97 Å². The summed E-state index contributed by atoms with van der Waals surface area (Å²) in [5.74, 6) is -1.27. The number of carbonyl (C=O) groups excluding carboxylic acids is 2. The second-order valence-electron chi connectivity index (χ2n) is 4.73. The molecule has 0 saturated heterocycles. The molecular formula is C14H18FNO3. The molecule has 4 nitrogen and oxygen atoms in total. The van der Waals surface area contributed by atoms with Crippen LogP contribution in [0.3, 0.4) is 0 Å². The van der Waals surface area contributed by atoms with E-state index in [-0.39, 0.29) is 11.5 Å². The van der Waals surface area contributed by atoms with E-state index >= 15 is 0 Å². The minimum absolute atomic E-state index is 0.170. The first kappa shape index (κ1) is 15.1. The summed E-state index contributed by atoms with van der Waals surface area (Å²) in [5, 5.41) is 2.47. The molecule has 104 valence electrons. The van der Waals surface area contributed by atoms with E-state index < -0.39 is 23.7 Å². The fourth-order valence-electron chi connectivity index (χ4n) is 1.34. The van der Waals surface area contributed by atoms with Gasteiger partial charge in [0.15, 0.2) is 0 Å². The Morgan fingerprint density at radius 1 is 1.32 bits per heavy atom. The quantitative estimate of drug-likeness (QED) is 0.832. The van der Waals surface area contributed by atoms with E-state index in [0.717, 1.165) is 6.07 Å². The predicted molar refractivity (Wildman–Crippen MR) is 69.1 cm³/mol. The monoisotopic (exact) mass is 267 g/mol. The Morgan fingerprint density at radius 2 is 2.00 bits per heavy atom. The molecule has 1 atom stereocenters. The molecule has 1 amide bonds. The molecule has 1 N–H and O–H groups in total. The second-order valence-corrected chi connectivity index (χ2v) is 4.73. The van der Waals surface area contributed by atoms with E-state index in [2.05, 4.69) is 5.32 Å². The van der Waals surface area contributed by atoms with Gasteiger partial charge in [0.25, 0.3) is 5.91 Å². The average molecular weight is 267 g/mol. The van der Waals surface area contributed by atoms with Crippen LogP contribution in [0.5, 0.6) is 0 Å². The van der Waals surface area contributed by atoms with E-state index in [0.29, 0.717) is 6.61 Å². The van der Waals surface area contributed by atoms with E-state index in [1.54, 1.807) is 0 Å². The van der Waals surface area contributed by atoms with Crippen molar-refractivity contribution in [1.82, 2.24) is 5.32 Å². The van der Waals surface area contributed by atoms with Crippen molar-refractivity contribution in [3.63, 3.8) is 0 Å². The highest BCUT2D eigenvalue weighted by atomic mass is 19.1. The predicted octanol–water partition coefficient (Wildman–Crippen LogP) is 2.14. The third kappa shape index (κ3) is 5.07. The largest absolute Gasteiger partial charge is 0.464 e. The Bertz CT molecular complexity index is 460. The topological polar surface area (TPSA) is 55.4 Å². The van der Waals surface area contributed by atoms with E-state index in [1.165, 1.54) is 25.1 Å². The zero-order valence-corrected chi connectivity index (χ0v) is 11.3. The first-order valence-electron chi connectivity index (χ1n) is 6.13. The van der Waals surface area contributed by atoms with Crippen molar-refractivity contribution in [2.45, 2.75) is 26.8 Å². The number of ether oxygens (including phenoxy) is 1. The molecule has 1 aromatic carbocycles. The Kier molecular flexibility index (Phi) is 5.48. The zero-order chi connectivity index (χ0) is 14.4. The lowest BCUT2D eigenvalue weighted by molar-refractivity contribution is -0.146. The summed E-state index contributed by atoms with van der Waals surface area (Å²) in [6.07, 6.45) is 0. The lowest BCUT2D eigenvalue weighted by atomic mass is 10.2. The van der Waals surface area contributed by atoms with Crippen LogP contribution in [-0.2, 0) is 9.53 Å². The summed E-state index contributed by atoms with van der Waals surface area (Å²) in [5.41, 5.74) is 0.170. The number of rotatable bonds is 5. The lowest BCUT2D eigenvalue weighted by Gasteiger charge is -2.14. The van der Waals surface area contributed by atoms with Gasteiger partial charge in [-0.1, -0.05) is 19.9 Å². The number of esters is 1. The Labute approximate surface area is 112 Å². The van der Waals surface area contributed by atoms with Crippen LogP contribution in [-0.4, -0.2) is 24.5 Å². The molecule has 0 fully saturated rings. The summed E-state index contributed by atoms with van der Waals surface area (Å²) in [6, 6.07) is 4.50. The maximum absolute atomic E-state index is 13.0. The van der Waals surface area contributed by atoms with E-state index in [1.807, 2.05) is 13.8 Å². The van der Waals surface area contributed by atoms with Crippen molar-refractivity contribution in [3.8, 4) is 0 Å². The number of carbonyl (C=O) groups is 2. The minimum atomic E-state index is -0.769. The highest BCUT2D eigenvalue weighted by Crippen LogP contribution is 2.04. The standard InChI is InChI=1S/C14H18FNO3/c1-9(2)8-19-14(18)10(3)16-13(17)11-5-4-6-12(15)7-11/h4-7,9-10H,8H2,1-3H3,(H,16,17). The SMILES string of the molecule is CC(C)COC(=O)C(C)NC(=O)c1cccc(F)c1. The number of benzene rings is 1. The van der Waals surface area contributed by atoms with Crippen LogP contribution in [0.2, 0.25) is 0 Å². The first-order chi connectivity index (χ1) is 8.90. The Balaban J connectivity index is 2.54. The molecular weight excluding hydrogens is 249 g/mol. The van der Waals surface area contributed by atoms with Crippen molar-refractivity contribution in [3.05, 3.63) is 35.6 Å². The van der Waals surface area contributed by atoms with Crippen molar-refractivity contribution < 1.29 is 18.7 Å². The molecule has 5 heteroatoms. The van der Waals surface area contributed by atoms with Gasteiger partial charge in [0.2, 0.25) is 0 Å². The third-order valence-corrected chi connectivity index (χ3v) is 2.35. The average Bonchev–Trinajstić information content (AvgIpc) is 2.35. The maximum atomic E-state index is 13.0. The molecule has 0 aliphatic heterocycles. The van der Waals surface area contributed by atoms with Gasteiger partial charge in [0.1, 0.15) is 11.9 Å². The summed E-state index contributed by atoms with van der Waals surface area (Å²) >= 11 is 0. The maximum Gasteiger partial charge on any atom is 0.328 e. The zero-order valence-electron chi connectivity index (χ0n) is 11.3. The third-order valence-electron chi connectivity index (χ3n) is 2.35. The molecule has 19 heavy (non-hydrogen) atoms. The van der Waals surface area contributed by atoms with Crippen LogP contribution in [0, 0.1) is 11.7 Å². The van der Waals surface area contributed by atoms with Crippen molar-refractivity contribution in [2.24, 2.45) is 5.92 Å². The van der Waals surface area contributed by atoms with Crippen LogP contribution in [0.15, 0.2) is 24.3 Å². The van der Waals surface area contributed by atoms with Crippen molar-refractivity contribution in [2.75, 3.05) is 6.61 Å². The molecule has 1 rings (SSSR count). The number of hydrogen-bond acceptors (Lipinski definition) is 3. The van der Waals surface area contributed by atoms with Crippen LogP contribution < -0.4 is 5.32 Å². The number of hydrogen-bond donors (Lipinski definition) is 1. The molecule has 1 unspecified atom stereocenters. The van der Waals surface area contributed by atoms with Crippen molar-refractivity contribution >= 4 is 11.9 Å². The Morgan fingerprint density at radius 3 is 2.58 bits per heavy atom. The van der Waals surface area contributed by atoms with Gasteiger partial charge in [-0.15, -0.1) is 0 Å². The van der Waals surface area contributed by atoms with Crippen LogP contribution in [0.4, 0.5) is 4.39 Å². The highest BCUT2D eigenvalue weighted by Gasteiger charge is 2.18. The number of halogens is 1. The molecule has 0 saturated carbocycles. The first-order valence-corrected chi connectivity index (χ1v) is 6.13. The summed E-state index contributed by atoms with van der Waals surface area (Å²) in [6.45, 7) is 5.67. The van der Waals surface area contributed by atoms with Gasteiger partial charge in [0.05, 0.1) is 6.61 Å². The molecule has 0 heterocycles. The molecule has 0 aliphatic rings. The summed E-state index contributed by atoms with van der Waals surface area (Å²) < 4.78 is 18.0.